The summed E-state index contributed by atoms with van der Waals surface area (Å²) in [7, 11) is -3.64. The number of fused-ring (bicyclic) bond motifs is 1. The lowest BCUT2D eigenvalue weighted by atomic mass is 10.1. The summed E-state index contributed by atoms with van der Waals surface area (Å²) >= 11 is 0. The van der Waals surface area contributed by atoms with Crippen molar-refractivity contribution in [2.75, 3.05) is 4.90 Å². The van der Waals surface area contributed by atoms with Gasteiger partial charge in [-0.2, -0.15) is 0 Å². The number of benzene rings is 1. The molecule has 2 heterocycles. The van der Waals surface area contributed by atoms with Crippen molar-refractivity contribution in [2.45, 2.75) is 44.7 Å². The summed E-state index contributed by atoms with van der Waals surface area (Å²) in [4.78, 5) is 13.6. The number of carbonyl (C=O) groups is 1. The number of nitrogens with one attached hydrogen (secondary N) is 1. The van der Waals surface area contributed by atoms with Gasteiger partial charge in [0.1, 0.15) is 11.5 Å². The molecular weight excluding hydrogens is 328 g/mol. The van der Waals surface area contributed by atoms with Gasteiger partial charge in [-0.25, -0.2) is 13.1 Å². The molecule has 24 heavy (non-hydrogen) atoms. The topological polar surface area (TPSA) is 79.6 Å². The lowest BCUT2D eigenvalue weighted by molar-refractivity contribution is -0.116. The van der Waals surface area contributed by atoms with Crippen molar-refractivity contribution >= 4 is 21.6 Å². The zero-order valence-electron chi connectivity index (χ0n) is 13.9. The molecule has 1 aliphatic rings. The first kappa shape index (κ1) is 16.7. The average Bonchev–Trinajstić information content (AvgIpc) is 3.06. The number of aryl methyl sites for hydroxylation is 1. The maximum atomic E-state index is 12.5. The number of sulfonamides is 1. The lowest BCUT2D eigenvalue weighted by Crippen LogP contribution is -2.33. The molecule has 1 aliphatic heterocycles. The maximum Gasteiger partial charge on any atom is 0.240 e. The van der Waals surface area contributed by atoms with Gasteiger partial charge in [0.25, 0.3) is 0 Å². The predicted molar refractivity (Wildman–Crippen MR) is 90.2 cm³/mol. The highest BCUT2D eigenvalue weighted by Crippen LogP contribution is 2.33. The van der Waals surface area contributed by atoms with E-state index in [2.05, 4.69) is 4.72 Å². The Morgan fingerprint density at radius 1 is 1.33 bits per heavy atom. The Balaban J connectivity index is 1.82. The van der Waals surface area contributed by atoms with Gasteiger partial charge in [-0.15, -0.1) is 0 Å². The zero-order chi connectivity index (χ0) is 17.5. The van der Waals surface area contributed by atoms with E-state index in [0.717, 1.165) is 17.0 Å². The fourth-order valence-electron chi connectivity index (χ4n) is 3.08. The van der Waals surface area contributed by atoms with E-state index >= 15 is 0 Å². The van der Waals surface area contributed by atoms with Crippen molar-refractivity contribution in [3.63, 3.8) is 0 Å². The van der Waals surface area contributed by atoms with Gasteiger partial charge in [0.05, 0.1) is 11.4 Å². The van der Waals surface area contributed by atoms with Crippen molar-refractivity contribution < 1.29 is 17.6 Å². The maximum absolute atomic E-state index is 12.5. The Hall–Kier alpha value is -2.12. The highest BCUT2D eigenvalue weighted by Gasteiger charge is 2.30. The third kappa shape index (κ3) is 3.09. The Kier molecular flexibility index (Phi) is 4.23. The summed E-state index contributed by atoms with van der Waals surface area (Å²) < 4.78 is 32.9. The van der Waals surface area contributed by atoms with E-state index in [-0.39, 0.29) is 23.4 Å². The fourth-order valence-corrected chi connectivity index (χ4v) is 4.13. The van der Waals surface area contributed by atoms with E-state index in [0.29, 0.717) is 12.2 Å². The quantitative estimate of drug-likeness (QED) is 0.920. The first-order valence-corrected chi connectivity index (χ1v) is 9.24. The number of nitrogens with zero attached hydrogens (tertiary/aromatic N) is 1. The van der Waals surface area contributed by atoms with E-state index < -0.39 is 10.0 Å². The molecule has 6 nitrogen and oxygen atoms in total. The first-order valence-electron chi connectivity index (χ1n) is 7.75. The van der Waals surface area contributed by atoms with Crippen LogP contribution in [-0.2, 0) is 27.8 Å². The Bertz CT molecular complexity index is 886. The normalized spacial score (nSPS) is 17.1. The molecule has 0 spiro atoms. The standard InChI is InChI=1S/C17H20N2O4S/c1-11-8-14-9-16(6-7-17(14)19(11)13(3)20)24(21,22)18-10-15-5-4-12(2)23-15/h4-7,9,11,18H,8,10H2,1-3H3/t11-/m1/s1. The van der Waals surface area contributed by atoms with Gasteiger partial charge in [0.2, 0.25) is 15.9 Å². The van der Waals surface area contributed by atoms with E-state index in [1.807, 2.05) is 6.92 Å². The van der Waals surface area contributed by atoms with Crippen LogP contribution in [0.25, 0.3) is 0 Å². The van der Waals surface area contributed by atoms with Gasteiger partial charge >= 0.3 is 0 Å². The highest BCUT2D eigenvalue weighted by molar-refractivity contribution is 7.89. The second-order valence-electron chi connectivity index (χ2n) is 6.07. The number of hydrogen-bond acceptors (Lipinski definition) is 4. The number of anilines is 1. The van der Waals surface area contributed by atoms with Crippen molar-refractivity contribution in [1.29, 1.82) is 0 Å². The number of furan rings is 1. The minimum Gasteiger partial charge on any atom is -0.465 e. The van der Waals surface area contributed by atoms with Crippen molar-refractivity contribution in [2.24, 2.45) is 0 Å². The summed E-state index contributed by atoms with van der Waals surface area (Å²) in [6.07, 6.45) is 0.648. The Morgan fingerprint density at radius 2 is 2.08 bits per heavy atom. The van der Waals surface area contributed by atoms with Crippen LogP contribution in [0.2, 0.25) is 0 Å². The van der Waals surface area contributed by atoms with Gasteiger partial charge in [-0.1, -0.05) is 0 Å². The summed E-state index contributed by atoms with van der Waals surface area (Å²) in [5.41, 5.74) is 1.66. The third-order valence-corrected chi connectivity index (χ3v) is 5.55. The molecule has 2 aromatic rings. The Morgan fingerprint density at radius 3 is 2.71 bits per heavy atom. The summed E-state index contributed by atoms with van der Waals surface area (Å²) in [6.45, 7) is 5.37. The second-order valence-corrected chi connectivity index (χ2v) is 7.84. The minimum absolute atomic E-state index is 0.0366. The molecule has 1 aromatic carbocycles. The van der Waals surface area contributed by atoms with Gasteiger partial charge in [0, 0.05) is 18.7 Å². The Labute approximate surface area is 141 Å². The minimum atomic E-state index is -3.64. The molecule has 1 N–H and O–H groups in total. The first-order chi connectivity index (χ1) is 11.3. The molecular formula is C17H20N2O4S. The largest absolute Gasteiger partial charge is 0.465 e. The third-order valence-electron chi connectivity index (χ3n) is 4.15. The molecule has 1 atom stereocenters. The molecule has 3 rings (SSSR count). The zero-order valence-corrected chi connectivity index (χ0v) is 14.7. The SMILES string of the molecule is CC(=O)N1c2ccc(S(=O)(=O)NCc3ccc(C)o3)cc2C[C@H]1C. The predicted octanol–water partition coefficient (Wildman–Crippen LogP) is 2.36. The molecule has 128 valence electrons. The van der Waals surface area contributed by atoms with E-state index in [9.17, 15) is 13.2 Å². The lowest BCUT2D eigenvalue weighted by Gasteiger charge is -2.20. The summed E-state index contributed by atoms with van der Waals surface area (Å²) in [5.74, 6) is 1.26. The van der Waals surface area contributed by atoms with E-state index in [1.54, 1.807) is 36.1 Å². The molecule has 0 fully saturated rings. The van der Waals surface area contributed by atoms with E-state index in [1.165, 1.54) is 13.0 Å². The molecule has 0 radical (unpaired) electrons. The van der Waals surface area contributed by atoms with Crippen LogP contribution in [0.3, 0.4) is 0 Å². The van der Waals surface area contributed by atoms with Gasteiger partial charge in [-0.3, -0.25) is 4.79 Å². The fraction of sp³-hybridized carbons (Fsp3) is 0.353. The van der Waals surface area contributed by atoms with Crippen molar-refractivity contribution in [3.05, 3.63) is 47.4 Å². The van der Waals surface area contributed by atoms with Crippen LogP contribution < -0.4 is 9.62 Å². The summed E-state index contributed by atoms with van der Waals surface area (Å²) in [6, 6.07) is 8.44. The smallest absolute Gasteiger partial charge is 0.240 e. The van der Waals surface area contributed by atoms with Crippen LogP contribution in [0.4, 0.5) is 5.69 Å². The molecule has 7 heteroatoms. The number of rotatable bonds is 4. The van der Waals surface area contributed by atoms with Crippen LogP contribution in [-0.4, -0.2) is 20.4 Å². The number of hydrogen-bond donors (Lipinski definition) is 1. The molecule has 0 saturated heterocycles. The van der Waals surface area contributed by atoms with Crippen molar-refractivity contribution in [1.82, 2.24) is 4.72 Å². The highest BCUT2D eigenvalue weighted by atomic mass is 32.2. The van der Waals surface area contributed by atoms with E-state index in [4.69, 9.17) is 4.42 Å². The molecule has 0 bridgehead atoms. The van der Waals surface area contributed by atoms with Gasteiger partial charge in [0.15, 0.2) is 0 Å². The van der Waals surface area contributed by atoms with Crippen LogP contribution >= 0.6 is 0 Å². The van der Waals surface area contributed by atoms with Crippen LogP contribution in [0, 0.1) is 6.92 Å². The van der Waals surface area contributed by atoms with Crippen LogP contribution in [0.1, 0.15) is 30.9 Å². The molecule has 0 aliphatic carbocycles. The molecule has 1 amide bonds. The molecule has 0 saturated carbocycles. The number of amides is 1. The van der Waals surface area contributed by atoms with Gasteiger partial charge in [-0.05, 0) is 56.2 Å². The van der Waals surface area contributed by atoms with Crippen LogP contribution in [0.5, 0.6) is 0 Å². The average molecular weight is 348 g/mol. The second kappa shape index (κ2) is 6.07. The molecule has 1 aromatic heterocycles. The monoisotopic (exact) mass is 348 g/mol. The number of carbonyl (C=O) groups excluding carboxylic acids is 1. The van der Waals surface area contributed by atoms with Crippen molar-refractivity contribution in [3.8, 4) is 0 Å². The van der Waals surface area contributed by atoms with Crippen LogP contribution in [0.15, 0.2) is 39.6 Å². The molecule has 0 unspecified atom stereocenters. The summed E-state index contributed by atoms with van der Waals surface area (Å²) in [5, 5.41) is 0. The van der Waals surface area contributed by atoms with Gasteiger partial charge < -0.3 is 9.32 Å².